The maximum absolute atomic E-state index is 12.4. The second kappa shape index (κ2) is 6.59. The van der Waals surface area contributed by atoms with Gasteiger partial charge in [-0.2, -0.15) is 13.2 Å². The summed E-state index contributed by atoms with van der Waals surface area (Å²) >= 11 is 0. The summed E-state index contributed by atoms with van der Waals surface area (Å²) in [6.07, 6.45) is -3.17. The summed E-state index contributed by atoms with van der Waals surface area (Å²) in [5.74, 6) is 0.527. The Kier molecular flexibility index (Phi) is 5.64. The number of benzene rings is 1. The van der Waals surface area contributed by atoms with Crippen molar-refractivity contribution in [3.8, 4) is 0 Å². The summed E-state index contributed by atoms with van der Waals surface area (Å²) in [4.78, 5) is 2.24. The van der Waals surface area contributed by atoms with Crippen LogP contribution in [0.25, 0.3) is 0 Å². The van der Waals surface area contributed by atoms with E-state index < -0.39 is 11.7 Å². The lowest BCUT2D eigenvalue weighted by Gasteiger charge is -2.16. The zero-order chi connectivity index (χ0) is 13.2. The van der Waals surface area contributed by atoms with Gasteiger partial charge in [-0.25, -0.2) is 0 Å². The summed E-state index contributed by atoms with van der Waals surface area (Å²) in [6, 6.07) is 5.40. The van der Waals surface area contributed by atoms with Crippen molar-refractivity contribution >= 4 is 12.4 Å². The van der Waals surface area contributed by atoms with E-state index in [1.165, 1.54) is 0 Å². The van der Waals surface area contributed by atoms with Gasteiger partial charge in [-0.05, 0) is 43.1 Å². The summed E-state index contributed by atoms with van der Waals surface area (Å²) in [7, 11) is 0. The fraction of sp³-hybridized carbons (Fsp3) is 0.538. The van der Waals surface area contributed by atoms with Crippen LogP contribution in [0.3, 0.4) is 0 Å². The standard InChI is InChI=1S/C13H17F3N2.ClH/c14-13(15,16)12-3-1-10(2-4-12)8-18-6-5-11(7-17)9-18;/h1-4,11H,5-9,17H2;1H. The molecule has 0 aromatic heterocycles. The van der Waals surface area contributed by atoms with Crippen molar-refractivity contribution in [1.29, 1.82) is 0 Å². The van der Waals surface area contributed by atoms with Crippen molar-refractivity contribution in [2.75, 3.05) is 19.6 Å². The number of nitrogens with two attached hydrogens (primary N) is 1. The van der Waals surface area contributed by atoms with Gasteiger partial charge in [-0.3, -0.25) is 4.90 Å². The highest BCUT2D eigenvalue weighted by molar-refractivity contribution is 5.85. The summed E-state index contributed by atoms with van der Waals surface area (Å²) in [5, 5.41) is 0. The molecule has 1 aliphatic heterocycles. The van der Waals surface area contributed by atoms with Gasteiger partial charge in [0.2, 0.25) is 0 Å². The molecule has 2 N–H and O–H groups in total. The number of hydrogen-bond acceptors (Lipinski definition) is 2. The maximum Gasteiger partial charge on any atom is 0.416 e. The molecular weight excluding hydrogens is 277 g/mol. The molecule has 1 aliphatic rings. The predicted molar refractivity (Wildman–Crippen MR) is 71.1 cm³/mol. The molecule has 2 nitrogen and oxygen atoms in total. The quantitative estimate of drug-likeness (QED) is 0.929. The highest BCUT2D eigenvalue weighted by atomic mass is 35.5. The third-order valence-electron chi connectivity index (χ3n) is 3.39. The van der Waals surface area contributed by atoms with Gasteiger partial charge in [0.1, 0.15) is 0 Å². The van der Waals surface area contributed by atoms with Gasteiger partial charge in [0, 0.05) is 13.1 Å². The fourth-order valence-electron chi connectivity index (χ4n) is 2.31. The van der Waals surface area contributed by atoms with Crippen molar-refractivity contribution in [2.24, 2.45) is 11.7 Å². The number of likely N-dealkylation sites (tertiary alicyclic amines) is 1. The molecular formula is C13H18ClF3N2. The summed E-state index contributed by atoms with van der Waals surface area (Å²) in [6.45, 7) is 3.30. The summed E-state index contributed by atoms with van der Waals surface area (Å²) < 4.78 is 37.2. The Morgan fingerprint density at radius 3 is 2.32 bits per heavy atom. The first-order valence-electron chi connectivity index (χ1n) is 6.07. The first-order chi connectivity index (χ1) is 8.49. The molecule has 1 atom stereocenters. The minimum absolute atomic E-state index is 0. The van der Waals surface area contributed by atoms with Crippen LogP contribution < -0.4 is 5.73 Å². The molecule has 1 aromatic carbocycles. The zero-order valence-corrected chi connectivity index (χ0v) is 11.3. The van der Waals surface area contributed by atoms with Gasteiger partial charge >= 0.3 is 6.18 Å². The van der Waals surface area contributed by atoms with E-state index in [1.54, 1.807) is 12.1 Å². The molecule has 108 valence electrons. The van der Waals surface area contributed by atoms with E-state index in [1.807, 2.05) is 0 Å². The minimum atomic E-state index is -4.25. The molecule has 0 spiro atoms. The van der Waals surface area contributed by atoms with E-state index in [0.717, 1.165) is 37.2 Å². The van der Waals surface area contributed by atoms with Crippen LogP contribution in [0, 0.1) is 5.92 Å². The normalized spacial score (nSPS) is 20.3. The molecule has 0 radical (unpaired) electrons. The molecule has 0 bridgehead atoms. The number of rotatable bonds is 3. The Morgan fingerprint density at radius 1 is 1.21 bits per heavy atom. The Hall–Kier alpha value is -0.780. The fourth-order valence-corrected chi connectivity index (χ4v) is 2.31. The SMILES string of the molecule is Cl.NCC1CCN(Cc2ccc(C(F)(F)F)cc2)C1. The van der Waals surface area contributed by atoms with Crippen molar-refractivity contribution < 1.29 is 13.2 Å². The van der Waals surface area contributed by atoms with Crippen molar-refractivity contribution in [3.63, 3.8) is 0 Å². The second-order valence-corrected chi connectivity index (χ2v) is 4.82. The van der Waals surface area contributed by atoms with Gasteiger partial charge in [0.25, 0.3) is 0 Å². The topological polar surface area (TPSA) is 29.3 Å². The molecule has 2 rings (SSSR count). The molecule has 1 heterocycles. The number of alkyl halides is 3. The van der Waals surface area contributed by atoms with Crippen LogP contribution in [0.4, 0.5) is 13.2 Å². The zero-order valence-electron chi connectivity index (χ0n) is 10.5. The first-order valence-corrected chi connectivity index (χ1v) is 6.07. The van der Waals surface area contributed by atoms with Crippen LogP contribution >= 0.6 is 12.4 Å². The van der Waals surface area contributed by atoms with Gasteiger partial charge < -0.3 is 5.73 Å². The monoisotopic (exact) mass is 294 g/mol. The van der Waals surface area contributed by atoms with Crippen molar-refractivity contribution in [1.82, 2.24) is 4.90 Å². The average molecular weight is 295 g/mol. The highest BCUT2D eigenvalue weighted by Crippen LogP contribution is 2.29. The molecule has 0 saturated carbocycles. The van der Waals surface area contributed by atoms with Gasteiger partial charge in [0.15, 0.2) is 0 Å². The lowest BCUT2D eigenvalue weighted by atomic mass is 10.1. The van der Waals surface area contributed by atoms with Crippen LogP contribution in [0.2, 0.25) is 0 Å². The molecule has 1 unspecified atom stereocenters. The van der Waals surface area contributed by atoms with Crippen LogP contribution in [-0.4, -0.2) is 24.5 Å². The van der Waals surface area contributed by atoms with E-state index in [-0.39, 0.29) is 12.4 Å². The lowest BCUT2D eigenvalue weighted by molar-refractivity contribution is -0.137. The molecule has 6 heteroatoms. The van der Waals surface area contributed by atoms with E-state index in [2.05, 4.69) is 4.90 Å². The third-order valence-corrected chi connectivity index (χ3v) is 3.39. The molecule has 0 amide bonds. The molecule has 1 aromatic rings. The second-order valence-electron chi connectivity index (χ2n) is 4.82. The smallest absolute Gasteiger partial charge is 0.330 e. The number of nitrogens with zero attached hydrogens (tertiary/aromatic N) is 1. The average Bonchev–Trinajstić information content (AvgIpc) is 2.76. The van der Waals surface area contributed by atoms with Gasteiger partial charge in [-0.15, -0.1) is 12.4 Å². The van der Waals surface area contributed by atoms with E-state index in [4.69, 9.17) is 5.73 Å². The van der Waals surface area contributed by atoms with Gasteiger partial charge in [0.05, 0.1) is 5.56 Å². The van der Waals surface area contributed by atoms with E-state index in [9.17, 15) is 13.2 Å². The van der Waals surface area contributed by atoms with Crippen LogP contribution in [0.15, 0.2) is 24.3 Å². The predicted octanol–water partition coefficient (Wildman–Crippen LogP) is 2.91. The van der Waals surface area contributed by atoms with Crippen LogP contribution in [-0.2, 0) is 12.7 Å². The Balaban J connectivity index is 0.00000180. The van der Waals surface area contributed by atoms with Crippen LogP contribution in [0.1, 0.15) is 17.5 Å². The van der Waals surface area contributed by atoms with E-state index >= 15 is 0 Å². The molecule has 1 saturated heterocycles. The Labute approximate surface area is 117 Å². The Morgan fingerprint density at radius 2 is 1.84 bits per heavy atom. The van der Waals surface area contributed by atoms with Gasteiger partial charge in [-0.1, -0.05) is 12.1 Å². The Bertz CT molecular complexity index is 392. The summed E-state index contributed by atoms with van der Waals surface area (Å²) in [5.41, 5.74) is 5.93. The number of halogens is 4. The largest absolute Gasteiger partial charge is 0.416 e. The molecule has 0 aliphatic carbocycles. The van der Waals surface area contributed by atoms with E-state index in [0.29, 0.717) is 19.0 Å². The number of hydrogen-bond donors (Lipinski definition) is 1. The minimum Gasteiger partial charge on any atom is -0.330 e. The van der Waals surface area contributed by atoms with Crippen molar-refractivity contribution in [3.05, 3.63) is 35.4 Å². The molecule has 1 fully saturated rings. The highest BCUT2D eigenvalue weighted by Gasteiger charge is 2.30. The first kappa shape index (κ1) is 16.3. The third kappa shape index (κ3) is 4.37. The van der Waals surface area contributed by atoms with Crippen LogP contribution in [0.5, 0.6) is 0 Å². The maximum atomic E-state index is 12.4. The molecule has 19 heavy (non-hydrogen) atoms. The van der Waals surface area contributed by atoms with Crippen molar-refractivity contribution in [2.45, 2.75) is 19.1 Å². The lowest BCUT2D eigenvalue weighted by Crippen LogP contribution is -2.22.